The third-order valence-corrected chi connectivity index (χ3v) is 7.72. The second-order valence-corrected chi connectivity index (χ2v) is 10.2. The van der Waals surface area contributed by atoms with Gasteiger partial charge in [-0.05, 0) is 43.5 Å². The lowest BCUT2D eigenvalue weighted by Crippen LogP contribution is -2.50. The zero-order chi connectivity index (χ0) is 22.3. The van der Waals surface area contributed by atoms with Crippen LogP contribution in [0.3, 0.4) is 0 Å². The van der Waals surface area contributed by atoms with Gasteiger partial charge in [0.05, 0.1) is 0 Å². The van der Waals surface area contributed by atoms with Gasteiger partial charge in [-0.15, -0.1) is 0 Å². The van der Waals surface area contributed by atoms with Gasteiger partial charge in [-0.2, -0.15) is 0 Å². The van der Waals surface area contributed by atoms with Gasteiger partial charge in [0.25, 0.3) is 11.8 Å². The number of carbonyl (C=O) groups excluding carboxylic acids is 2. The van der Waals surface area contributed by atoms with E-state index in [0.29, 0.717) is 16.7 Å². The molecule has 1 aliphatic rings. The lowest BCUT2D eigenvalue weighted by atomic mass is 9.99. The van der Waals surface area contributed by atoms with Gasteiger partial charge in [-0.3, -0.25) is 14.8 Å². The zero-order valence-corrected chi connectivity index (χ0v) is 17.7. The number of hydroxylamine groups is 1. The second-order valence-electron chi connectivity index (χ2n) is 7.78. The number of rotatable bonds is 6. The minimum absolute atomic E-state index is 0.0496. The van der Waals surface area contributed by atoms with Crippen LogP contribution in [-0.4, -0.2) is 47.9 Å². The van der Waals surface area contributed by atoms with Crippen molar-refractivity contribution < 1.29 is 27.6 Å². The Morgan fingerprint density at radius 2 is 1.87 bits per heavy atom. The highest BCUT2D eigenvalue weighted by molar-refractivity contribution is 7.92. The SMILES string of the molecule is Cc1ccc(-c2cc3c(cc2F)C(=O)N(CC[C@](C)(C(=O)NO)S(C)(=O)=O)C3)cc1. The van der Waals surface area contributed by atoms with E-state index in [1.54, 1.807) is 18.2 Å². The first kappa shape index (κ1) is 21.9. The first-order valence-electron chi connectivity index (χ1n) is 9.31. The number of benzene rings is 2. The van der Waals surface area contributed by atoms with Crippen LogP contribution in [0.5, 0.6) is 0 Å². The minimum Gasteiger partial charge on any atom is -0.334 e. The van der Waals surface area contributed by atoms with Crippen molar-refractivity contribution in [1.29, 1.82) is 0 Å². The van der Waals surface area contributed by atoms with E-state index in [-0.39, 0.29) is 25.1 Å². The molecule has 0 saturated carbocycles. The summed E-state index contributed by atoms with van der Waals surface area (Å²) in [6.07, 6.45) is 0.678. The average molecular weight is 434 g/mol. The largest absolute Gasteiger partial charge is 0.334 e. The van der Waals surface area contributed by atoms with E-state index in [0.717, 1.165) is 11.8 Å². The molecule has 1 atom stereocenters. The summed E-state index contributed by atoms with van der Waals surface area (Å²) in [5.41, 5.74) is 4.34. The maximum atomic E-state index is 14.7. The van der Waals surface area contributed by atoms with Crippen LogP contribution >= 0.6 is 0 Å². The van der Waals surface area contributed by atoms with E-state index in [1.807, 2.05) is 19.1 Å². The standard InChI is InChI=1S/C21H23FN2O5S/c1-13-4-6-14(7-5-13)16-10-15-12-24(19(25)17(15)11-18(16)22)9-8-21(2,20(26)23-27)30(3,28)29/h4-7,10-11,27H,8-9,12H2,1-3H3,(H,23,26)/t21-/m1/s1. The van der Waals surface area contributed by atoms with Crippen LogP contribution in [0, 0.1) is 12.7 Å². The molecule has 3 rings (SSSR count). The van der Waals surface area contributed by atoms with Crippen LogP contribution in [0.4, 0.5) is 4.39 Å². The van der Waals surface area contributed by atoms with Gasteiger partial charge in [0.15, 0.2) is 14.6 Å². The van der Waals surface area contributed by atoms with E-state index in [2.05, 4.69) is 0 Å². The smallest absolute Gasteiger partial charge is 0.264 e. The van der Waals surface area contributed by atoms with Gasteiger partial charge < -0.3 is 4.90 Å². The summed E-state index contributed by atoms with van der Waals surface area (Å²) < 4.78 is 37.0. The number of halogens is 1. The molecule has 0 radical (unpaired) electrons. The fraction of sp³-hybridized carbons (Fsp3) is 0.333. The quantitative estimate of drug-likeness (QED) is 0.537. The maximum absolute atomic E-state index is 14.7. The molecule has 0 fully saturated rings. The molecule has 2 aromatic carbocycles. The topological polar surface area (TPSA) is 104 Å². The Balaban J connectivity index is 1.85. The molecule has 7 nitrogen and oxygen atoms in total. The number of nitrogens with one attached hydrogen (secondary N) is 1. The van der Waals surface area contributed by atoms with E-state index in [9.17, 15) is 22.4 Å². The maximum Gasteiger partial charge on any atom is 0.264 e. The van der Waals surface area contributed by atoms with Gasteiger partial charge in [0, 0.05) is 30.5 Å². The number of hydrogen-bond acceptors (Lipinski definition) is 5. The van der Waals surface area contributed by atoms with Crippen LogP contribution in [0.2, 0.25) is 0 Å². The molecule has 2 N–H and O–H groups in total. The van der Waals surface area contributed by atoms with Gasteiger partial charge >= 0.3 is 0 Å². The molecule has 0 spiro atoms. The number of hydrogen-bond donors (Lipinski definition) is 2. The van der Waals surface area contributed by atoms with Crippen LogP contribution in [0.1, 0.15) is 34.8 Å². The summed E-state index contributed by atoms with van der Waals surface area (Å²) in [7, 11) is -3.88. The van der Waals surface area contributed by atoms with Crippen molar-refractivity contribution in [2.45, 2.75) is 31.6 Å². The lowest BCUT2D eigenvalue weighted by Gasteiger charge is -2.27. The Bertz CT molecular complexity index is 1110. The molecule has 9 heteroatoms. The van der Waals surface area contributed by atoms with Crippen molar-refractivity contribution in [3.8, 4) is 11.1 Å². The predicted molar refractivity (Wildman–Crippen MR) is 109 cm³/mol. The molecule has 30 heavy (non-hydrogen) atoms. The number of carbonyl (C=O) groups is 2. The Kier molecular flexibility index (Phi) is 5.70. The molecular formula is C21H23FN2O5S. The van der Waals surface area contributed by atoms with Crippen LogP contribution in [0.15, 0.2) is 36.4 Å². The molecule has 2 amide bonds. The van der Waals surface area contributed by atoms with E-state index >= 15 is 0 Å². The molecule has 2 aromatic rings. The summed E-state index contributed by atoms with van der Waals surface area (Å²) >= 11 is 0. The number of amides is 2. The lowest BCUT2D eigenvalue weighted by molar-refractivity contribution is -0.131. The highest BCUT2D eigenvalue weighted by atomic mass is 32.2. The van der Waals surface area contributed by atoms with Gasteiger partial charge in [-0.25, -0.2) is 18.3 Å². The van der Waals surface area contributed by atoms with Crippen molar-refractivity contribution in [1.82, 2.24) is 10.4 Å². The fourth-order valence-corrected chi connectivity index (χ4v) is 4.31. The molecule has 0 aliphatic carbocycles. The molecule has 0 saturated heterocycles. The Morgan fingerprint density at radius 3 is 2.43 bits per heavy atom. The highest BCUT2D eigenvalue weighted by Crippen LogP contribution is 2.32. The Hall–Kier alpha value is -2.78. The second kappa shape index (κ2) is 7.81. The summed E-state index contributed by atoms with van der Waals surface area (Å²) in [4.78, 5) is 26.0. The molecule has 1 heterocycles. The van der Waals surface area contributed by atoms with E-state index in [1.165, 1.54) is 23.4 Å². The monoisotopic (exact) mass is 434 g/mol. The predicted octanol–water partition coefficient (Wildman–Crippen LogP) is 2.46. The average Bonchev–Trinajstić information content (AvgIpc) is 2.99. The van der Waals surface area contributed by atoms with Crippen molar-refractivity contribution in [2.75, 3.05) is 12.8 Å². The summed E-state index contributed by atoms with van der Waals surface area (Å²) in [5.74, 6) is -2.02. The van der Waals surface area contributed by atoms with Crippen LogP contribution < -0.4 is 5.48 Å². The summed E-state index contributed by atoms with van der Waals surface area (Å²) in [6.45, 7) is 3.25. The zero-order valence-electron chi connectivity index (χ0n) is 16.9. The Labute approximate surface area is 174 Å². The van der Waals surface area contributed by atoms with Crippen LogP contribution in [-0.2, 0) is 21.2 Å². The van der Waals surface area contributed by atoms with Crippen molar-refractivity contribution >= 4 is 21.7 Å². The third-order valence-electron chi connectivity index (χ3n) is 5.69. The number of fused-ring (bicyclic) bond motifs is 1. The molecule has 0 aromatic heterocycles. The van der Waals surface area contributed by atoms with E-state index in [4.69, 9.17) is 5.21 Å². The first-order valence-corrected chi connectivity index (χ1v) is 11.2. The molecule has 1 aliphatic heterocycles. The van der Waals surface area contributed by atoms with Crippen molar-refractivity contribution in [3.63, 3.8) is 0 Å². The number of sulfone groups is 1. The summed E-state index contributed by atoms with van der Waals surface area (Å²) in [6, 6.07) is 10.2. The Morgan fingerprint density at radius 1 is 1.23 bits per heavy atom. The van der Waals surface area contributed by atoms with Crippen LogP contribution in [0.25, 0.3) is 11.1 Å². The van der Waals surface area contributed by atoms with Crippen molar-refractivity contribution in [3.05, 3.63) is 58.9 Å². The third kappa shape index (κ3) is 3.82. The minimum atomic E-state index is -3.88. The van der Waals surface area contributed by atoms with E-state index < -0.39 is 32.2 Å². The fourth-order valence-electron chi connectivity index (χ4n) is 3.46. The highest BCUT2D eigenvalue weighted by Gasteiger charge is 2.44. The molecular weight excluding hydrogens is 411 g/mol. The number of aryl methyl sites for hydroxylation is 1. The van der Waals surface area contributed by atoms with Gasteiger partial charge in [0.1, 0.15) is 5.82 Å². The number of nitrogens with zero attached hydrogens (tertiary/aromatic N) is 1. The molecule has 0 unspecified atom stereocenters. The van der Waals surface area contributed by atoms with Gasteiger partial charge in [-0.1, -0.05) is 29.8 Å². The molecule has 160 valence electrons. The van der Waals surface area contributed by atoms with Crippen molar-refractivity contribution in [2.24, 2.45) is 0 Å². The molecule has 0 bridgehead atoms. The van der Waals surface area contributed by atoms with Gasteiger partial charge in [0.2, 0.25) is 0 Å². The first-order chi connectivity index (χ1) is 14.0. The summed E-state index contributed by atoms with van der Waals surface area (Å²) in [5, 5.41) is 8.92. The normalized spacial score (nSPS) is 15.6.